The standard InChI is InChI=1S/C17H16ClNO3/c18-13-6-2-4-8-16(13)22-11-17(20)19-14-9-10-21-15-7-3-1-5-12(14)15/h1-8,14H,9-11H2,(H,19,20)/t14-/m1/s1. The van der Waals surface area contributed by atoms with Gasteiger partial charge in [-0.15, -0.1) is 0 Å². The maximum Gasteiger partial charge on any atom is 0.258 e. The second-order valence-electron chi connectivity index (χ2n) is 5.01. The number of carbonyl (C=O) groups excluding carboxylic acids is 1. The minimum Gasteiger partial charge on any atom is -0.493 e. The smallest absolute Gasteiger partial charge is 0.258 e. The fraction of sp³-hybridized carbons (Fsp3) is 0.235. The van der Waals surface area contributed by atoms with Crippen LogP contribution in [0.3, 0.4) is 0 Å². The molecule has 1 aliphatic heterocycles. The first kappa shape index (κ1) is 14.7. The molecule has 2 aromatic carbocycles. The molecule has 0 bridgehead atoms. The number of halogens is 1. The first-order valence-electron chi connectivity index (χ1n) is 7.12. The summed E-state index contributed by atoms with van der Waals surface area (Å²) >= 11 is 5.99. The lowest BCUT2D eigenvalue weighted by Crippen LogP contribution is -2.35. The Morgan fingerprint density at radius 3 is 2.86 bits per heavy atom. The minimum absolute atomic E-state index is 0.0488. The third-order valence-corrected chi connectivity index (χ3v) is 3.80. The molecule has 0 aromatic heterocycles. The summed E-state index contributed by atoms with van der Waals surface area (Å²) in [7, 11) is 0. The molecule has 0 radical (unpaired) electrons. The molecule has 1 heterocycles. The van der Waals surface area contributed by atoms with Crippen LogP contribution >= 0.6 is 11.6 Å². The summed E-state index contributed by atoms with van der Waals surface area (Å²) in [6.07, 6.45) is 0.745. The summed E-state index contributed by atoms with van der Waals surface area (Å²) in [5.41, 5.74) is 1.000. The first-order valence-corrected chi connectivity index (χ1v) is 7.50. The quantitative estimate of drug-likeness (QED) is 0.940. The molecule has 0 unspecified atom stereocenters. The Kier molecular flexibility index (Phi) is 4.49. The molecule has 0 aliphatic carbocycles. The summed E-state index contributed by atoms with van der Waals surface area (Å²) in [6, 6.07) is 14.8. The van der Waals surface area contributed by atoms with E-state index < -0.39 is 0 Å². The summed E-state index contributed by atoms with van der Waals surface area (Å²) in [5.74, 6) is 1.15. The van der Waals surface area contributed by atoms with Gasteiger partial charge < -0.3 is 14.8 Å². The summed E-state index contributed by atoms with van der Waals surface area (Å²) in [4.78, 5) is 12.1. The van der Waals surface area contributed by atoms with Crippen molar-refractivity contribution in [2.45, 2.75) is 12.5 Å². The zero-order valence-corrected chi connectivity index (χ0v) is 12.7. The Morgan fingerprint density at radius 2 is 2.00 bits per heavy atom. The van der Waals surface area contributed by atoms with Crippen LogP contribution in [0, 0.1) is 0 Å². The van der Waals surface area contributed by atoms with Gasteiger partial charge in [0.2, 0.25) is 0 Å². The SMILES string of the molecule is O=C(COc1ccccc1Cl)N[C@@H]1CCOc2ccccc21. The Hall–Kier alpha value is -2.20. The average molecular weight is 318 g/mol. The van der Waals surface area contributed by atoms with Crippen molar-refractivity contribution in [1.82, 2.24) is 5.32 Å². The van der Waals surface area contributed by atoms with Crippen molar-refractivity contribution in [1.29, 1.82) is 0 Å². The molecule has 0 saturated heterocycles. The zero-order valence-electron chi connectivity index (χ0n) is 11.9. The van der Waals surface area contributed by atoms with E-state index in [0.717, 1.165) is 17.7 Å². The molecule has 114 valence electrons. The van der Waals surface area contributed by atoms with Gasteiger partial charge in [0, 0.05) is 12.0 Å². The first-order chi connectivity index (χ1) is 10.7. The number of fused-ring (bicyclic) bond motifs is 1. The maximum absolute atomic E-state index is 12.1. The van der Waals surface area contributed by atoms with E-state index in [2.05, 4.69) is 5.32 Å². The number of rotatable bonds is 4. The Morgan fingerprint density at radius 1 is 1.23 bits per heavy atom. The molecule has 22 heavy (non-hydrogen) atoms. The average Bonchev–Trinajstić information content (AvgIpc) is 2.54. The fourth-order valence-electron chi connectivity index (χ4n) is 2.43. The lowest BCUT2D eigenvalue weighted by atomic mass is 10.0. The number of amides is 1. The van der Waals surface area contributed by atoms with Crippen LogP contribution in [-0.4, -0.2) is 19.1 Å². The van der Waals surface area contributed by atoms with Crippen LogP contribution in [0.2, 0.25) is 5.02 Å². The predicted molar refractivity (Wildman–Crippen MR) is 84.4 cm³/mol. The molecule has 1 atom stereocenters. The van der Waals surface area contributed by atoms with Crippen LogP contribution < -0.4 is 14.8 Å². The summed E-state index contributed by atoms with van der Waals surface area (Å²) in [6.45, 7) is 0.524. The van der Waals surface area contributed by atoms with E-state index in [9.17, 15) is 4.79 Å². The highest BCUT2D eigenvalue weighted by Gasteiger charge is 2.22. The van der Waals surface area contributed by atoms with E-state index in [-0.39, 0.29) is 18.6 Å². The Balaban J connectivity index is 1.60. The van der Waals surface area contributed by atoms with Crippen molar-refractivity contribution in [3.8, 4) is 11.5 Å². The number of para-hydroxylation sites is 2. The molecule has 0 fully saturated rings. The van der Waals surface area contributed by atoms with Gasteiger partial charge in [-0.25, -0.2) is 0 Å². The molecule has 5 heteroatoms. The molecule has 2 aromatic rings. The van der Waals surface area contributed by atoms with Crippen LogP contribution in [0.25, 0.3) is 0 Å². The molecule has 1 aliphatic rings. The van der Waals surface area contributed by atoms with Gasteiger partial charge >= 0.3 is 0 Å². The van der Waals surface area contributed by atoms with Gasteiger partial charge in [-0.05, 0) is 18.2 Å². The molecular weight excluding hydrogens is 302 g/mol. The molecule has 1 N–H and O–H groups in total. The number of hydrogen-bond acceptors (Lipinski definition) is 3. The Bertz CT molecular complexity index is 674. The van der Waals surface area contributed by atoms with Gasteiger partial charge in [-0.2, -0.15) is 0 Å². The third kappa shape index (κ3) is 3.34. The summed E-state index contributed by atoms with van der Waals surface area (Å²) < 4.78 is 11.0. The lowest BCUT2D eigenvalue weighted by Gasteiger charge is -2.26. The van der Waals surface area contributed by atoms with Gasteiger partial charge in [0.1, 0.15) is 11.5 Å². The van der Waals surface area contributed by atoms with Gasteiger partial charge in [0.25, 0.3) is 5.91 Å². The highest BCUT2D eigenvalue weighted by atomic mass is 35.5. The normalized spacial score (nSPS) is 16.3. The van der Waals surface area contributed by atoms with Crippen molar-refractivity contribution in [3.05, 3.63) is 59.1 Å². The van der Waals surface area contributed by atoms with E-state index in [1.54, 1.807) is 12.1 Å². The minimum atomic E-state index is -0.179. The van der Waals surface area contributed by atoms with Crippen molar-refractivity contribution >= 4 is 17.5 Å². The highest BCUT2D eigenvalue weighted by molar-refractivity contribution is 6.32. The number of carbonyl (C=O) groups is 1. The molecule has 1 amide bonds. The van der Waals surface area contributed by atoms with Crippen molar-refractivity contribution in [3.63, 3.8) is 0 Å². The Labute approximate surface area is 134 Å². The monoisotopic (exact) mass is 317 g/mol. The van der Waals surface area contributed by atoms with Gasteiger partial charge in [0.15, 0.2) is 6.61 Å². The number of nitrogens with one attached hydrogen (secondary N) is 1. The van der Waals surface area contributed by atoms with E-state index in [1.165, 1.54) is 0 Å². The van der Waals surface area contributed by atoms with E-state index >= 15 is 0 Å². The second kappa shape index (κ2) is 6.71. The number of benzene rings is 2. The maximum atomic E-state index is 12.1. The van der Waals surface area contributed by atoms with E-state index in [1.807, 2.05) is 36.4 Å². The predicted octanol–water partition coefficient (Wildman–Crippen LogP) is 3.36. The largest absolute Gasteiger partial charge is 0.493 e. The van der Waals surface area contributed by atoms with E-state index in [4.69, 9.17) is 21.1 Å². The lowest BCUT2D eigenvalue weighted by molar-refractivity contribution is -0.124. The molecule has 0 spiro atoms. The van der Waals surface area contributed by atoms with Crippen LogP contribution in [0.15, 0.2) is 48.5 Å². The van der Waals surface area contributed by atoms with Crippen molar-refractivity contribution in [2.24, 2.45) is 0 Å². The van der Waals surface area contributed by atoms with E-state index in [0.29, 0.717) is 17.4 Å². The van der Waals surface area contributed by atoms with Crippen LogP contribution in [0.4, 0.5) is 0 Å². The van der Waals surface area contributed by atoms with Crippen LogP contribution in [0.5, 0.6) is 11.5 Å². The molecule has 3 rings (SSSR count). The van der Waals surface area contributed by atoms with Crippen molar-refractivity contribution < 1.29 is 14.3 Å². The van der Waals surface area contributed by atoms with Gasteiger partial charge in [-0.3, -0.25) is 4.79 Å². The van der Waals surface area contributed by atoms with Crippen molar-refractivity contribution in [2.75, 3.05) is 13.2 Å². The number of ether oxygens (including phenoxy) is 2. The number of hydrogen-bond donors (Lipinski definition) is 1. The molecular formula is C17H16ClNO3. The molecule has 0 saturated carbocycles. The second-order valence-corrected chi connectivity index (χ2v) is 5.42. The fourth-order valence-corrected chi connectivity index (χ4v) is 2.62. The summed E-state index contributed by atoms with van der Waals surface area (Å²) in [5, 5.41) is 3.47. The molecule has 4 nitrogen and oxygen atoms in total. The highest BCUT2D eigenvalue weighted by Crippen LogP contribution is 2.31. The topological polar surface area (TPSA) is 47.6 Å². The van der Waals surface area contributed by atoms with Gasteiger partial charge in [-0.1, -0.05) is 41.9 Å². The van der Waals surface area contributed by atoms with Crippen LogP contribution in [-0.2, 0) is 4.79 Å². The zero-order chi connectivity index (χ0) is 15.4. The van der Waals surface area contributed by atoms with Crippen LogP contribution in [0.1, 0.15) is 18.0 Å². The third-order valence-electron chi connectivity index (χ3n) is 3.49. The van der Waals surface area contributed by atoms with Gasteiger partial charge in [0.05, 0.1) is 17.7 Å².